The molecule has 0 radical (unpaired) electrons. The van der Waals surface area contributed by atoms with Gasteiger partial charge in [0.15, 0.2) is 0 Å². The highest BCUT2D eigenvalue weighted by atomic mass is 16.6. The number of aliphatic hydroxyl groups excluding tert-OH is 1. The molecule has 5 heteroatoms. The SMILES string of the molecule is CC(C)(C)OC(=O)N(C1CC1)[C@H]1CCCC[C@@H]1NCCO. The molecule has 5 nitrogen and oxygen atoms in total. The normalized spacial score (nSPS) is 26.5. The molecule has 2 fully saturated rings. The lowest BCUT2D eigenvalue weighted by Gasteiger charge is -2.41. The number of nitrogens with zero attached hydrogens (tertiary/aromatic N) is 1. The highest BCUT2D eigenvalue weighted by molar-refractivity contribution is 5.69. The van der Waals surface area contributed by atoms with Crippen LogP contribution in [-0.4, -0.2) is 53.0 Å². The van der Waals surface area contributed by atoms with Crippen molar-refractivity contribution in [2.45, 2.75) is 83.0 Å². The van der Waals surface area contributed by atoms with Crippen molar-refractivity contribution >= 4 is 6.09 Å². The van der Waals surface area contributed by atoms with Gasteiger partial charge in [-0.2, -0.15) is 0 Å². The summed E-state index contributed by atoms with van der Waals surface area (Å²) in [4.78, 5) is 14.6. The lowest BCUT2D eigenvalue weighted by Crippen LogP contribution is -2.55. The summed E-state index contributed by atoms with van der Waals surface area (Å²) >= 11 is 0. The van der Waals surface area contributed by atoms with Crippen LogP contribution in [0.25, 0.3) is 0 Å². The van der Waals surface area contributed by atoms with Gasteiger partial charge in [-0.15, -0.1) is 0 Å². The fourth-order valence-electron chi connectivity index (χ4n) is 3.15. The summed E-state index contributed by atoms with van der Waals surface area (Å²) in [5.41, 5.74) is -0.451. The van der Waals surface area contributed by atoms with Gasteiger partial charge in [-0.05, 0) is 46.5 Å². The Labute approximate surface area is 128 Å². The summed E-state index contributed by atoms with van der Waals surface area (Å²) in [7, 11) is 0. The molecular formula is C16H30N2O3. The van der Waals surface area contributed by atoms with Crippen LogP contribution in [0.2, 0.25) is 0 Å². The van der Waals surface area contributed by atoms with E-state index in [0.29, 0.717) is 12.6 Å². The summed E-state index contributed by atoms with van der Waals surface area (Å²) in [5.74, 6) is 0. The Balaban J connectivity index is 2.06. The summed E-state index contributed by atoms with van der Waals surface area (Å²) in [6.45, 7) is 6.47. The zero-order valence-corrected chi connectivity index (χ0v) is 13.6. The quantitative estimate of drug-likeness (QED) is 0.817. The van der Waals surface area contributed by atoms with E-state index in [1.807, 2.05) is 25.7 Å². The number of amides is 1. The summed E-state index contributed by atoms with van der Waals surface area (Å²) in [6, 6.07) is 0.827. The van der Waals surface area contributed by atoms with Gasteiger partial charge in [0, 0.05) is 18.6 Å². The van der Waals surface area contributed by atoms with Crippen molar-refractivity contribution in [2.75, 3.05) is 13.2 Å². The first kappa shape index (κ1) is 16.6. The molecule has 0 heterocycles. The van der Waals surface area contributed by atoms with Crippen molar-refractivity contribution in [1.29, 1.82) is 0 Å². The Hall–Kier alpha value is -0.810. The highest BCUT2D eigenvalue weighted by Gasteiger charge is 2.43. The second-order valence-electron chi connectivity index (χ2n) is 7.25. The van der Waals surface area contributed by atoms with Crippen molar-refractivity contribution in [2.24, 2.45) is 0 Å². The van der Waals surface area contributed by atoms with Crippen LogP contribution in [0, 0.1) is 0 Å². The Morgan fingerprint density at radius 3 is 2.48 bits per heavy atom. The first-order valence-corrected chi connectivity index (χ1v) is 8.28. The molecule has 0 aromatic heterocycles. The van der Waals surface area contributed by atoms with Crippen molar-refractivity contribution in [3.8, 4) is 0 Å². The molecule has 122 valence electrons. The van der Waals surface area contributed by atoms with Crippen LogP contribution in [0.15, 0.2) is 0 Å². The smallest absolute Gasteiger partial charge is 0.410 e. The van der Waals surface area contributed by atoms with E-state index < -0.39 is 5.60 Å². The third-order valence-electron chi connectivity index (χ3n) is 4.15. The molecule has 2 N–H and O–H groups in total. The number of hydrogen-bond acceptors (Lipinski definition) is 4. The van der Waals surface area contributed by atoms with Gasteiger partial charge in [-0.3, -0.25) is 0 Å². The molecule has 0 unspecified atom stereocenters. The van der Waals surface area contributed by atoms with E-state index in [-0.39, 0.29) is 24.8 Å². The maximum Gasteiger partial charge on any atom is 0.410 e. The lowest BCUT2D eigenvalue weighted by atomic mass is 9.89. The molecule has 21 heavy (non-hydrogen) atoms. The predicted molar refractivity (Wildman–Crippen MR) is 82.2 cm³/mol. The number of aliphatic hydroxyl groups is 1. The minimum Gasteiger partial charge on any atom is -0.444 e. The zero-order chi connectivity index (χ0) is 15.5. The Kier molecular flexibility index (Phi) is 5.49. The van der Waals surface area contributed by atoms with Crippen molar-refractivity contribution in [1.82, 2.24) is 10.2 Å². The number of nitrogens with one attached hydrogen (secondary N) is 1. The fraction of sp³-hybridized carbons (Fsp3) is 0.938. The molecule has 0 aromatic rings. The Bertz CT molecular complexity index is 350. The number of ether oxygens (including phenoxy) is 1. The standard InChI is InChI=1S/C16H30N2O3/c1-16(2,3)21-15(20)18(12-8-9-12)14-7-5-4-6-13(14)17-10-11-19/h12-14,17,19H,4-11H2,1-3H3/t13-,14-/m0/s1. The average Bonchev–Trinajstić information content (AvgIpc) is 3.20. The van der Waals surface area contributed by atoms with E-state index >= 15 is 0 Å². The van der Waals surface area contributed by atoms with E-state index in [1.165, 1.54) is 6.42 Å². The Morgan fingerprint density at radius 2 is 1.90 bits per heavy atom. The molecule has 0 saturated heterocycles. The van der Waals surface area contributed by atoms with Crippen LogP contribution < -0.4 is 5.32 Å². The molecule has 2 saturated carbocycles. The van der Waals surface area contributed by atoms with Crippen LogP contribution in [0.4, 0.5) is 4.79 Å². The van der Waals surface area contributed by atoms with Gasteiger partial charge in [0.25, 0.3) is 0 Å². The van der Waals surface area contributed by atoms with Crippen LogP contribution in [-0.2, 0) is 4.74 Å². The van der Waals surface area contributed by atoms with Crippen LogP contribution >= 0.6 is 0 Å². The molecule has 0 aliphatic heterocycles. The van der Waals surface area contributed by atoms with E-state index in [1.54, 1.807) is 0 Å². The van der Waals surface area contributed by atoms with Crippen molar-refractivity contribution < 1.29 is 14.6 Å². The van der Waals surface area contributed by atoms with E-state index in [9.17, 15) is 4.79 Å². The molecule has 2 aliphatic carbocycles. The number of carbonyl (C=O) groups is 1. The van der Waals surface area contributed by atoms with Gasteiger partial charge in [0.05, 0.1) is 12.6 Å². The van der Waals surface area contributed by atoms with E-state index in [4.69, 9.17) is 9.84 Å². The third kappa shape index (κ3) is 4.85. The largest absolute Gasteiger partial charge is 0.444 e. The molecule has 2 atom stereocenters. The Morgan fingerprint density at radius 1 is 1.24 bits per heavy atom. The number of carbonyl (C=O) groups excluding carboxylic acids is 1. The summed E-state index contributed by atoms with van der Waals surface area (Å²) in [5, 5.41) is 12.4. The molecule has 0 bridgehead atoms. The van der Waals surface area contributed by atoms with Gasteiger partial charge in [0.1, 0.15) is 5.60 Å². The van der Waals surface area contributed by atoms with Gasteiger partial charge in [-0.1, -0.05) is 12.8 Å². The first-order valence-electron chi connectivity index (χ1n) is 8.28. The van der Waals surface area contributed by atoms with Crippen molar-refractivity contribution in [3.63, 3.8) is 0 Å². The fourth-order valence-corrected chi connectivity index (χ4v) is 3.15. The van der Waals surface area contributed by atoms with Crippen LogP contribution in [0.1, 0.15) is 59.3 Å². The molecule has 2 rings (SSSR count). The monoisotopic (exact) mass is 298 g/mol. The van der Waals surface area contributed by atoms with Gasteiger partial charge < -0.3 is 20.1 Å². The molecule has 1 amide bonds. The molecule has 0 aromatic carbocycles. The second-order valence-corrected chi connectivity index (χ2v) is 7.25. The molecule has 2 aliphatic rings. The van der Waals surface area contributed by atoms with Gasteiger partial charge >= 0.3 is 6.09 Å². The minimum atomic E-state index is -0.451. The maximum atomic E-state index is 12.6. The summed E-state index contributed by atoms with van der Waals surface area (Å²) < 4.78 is 5.62. The minimum absolute atomic E-state index is 0.138. The van der Waals surface area contributed by atoms with Crippen LogP contribution in [0.3, 0.4) is 0 Å². The molecule has 0 spiro atoms. The van der Waals surface area contributed by atoms with E-state index in [2.05, 4.69) is 5.32 Å². The second kappa shape index (κ2) is 6.97. The lowest BCUT2D eigenvalue weighted by molar-refractivity contribution is 0.00500. The predicted octanol–water partition coefficient (Wildman–Crippen LogP) is 2.28. The van der Waals surface area contributed by atoms with Crippen LogP contribution in [0.5, 0.6) is 0 Å². The highest BCUT2D eigenvalue weighted by Crippen LogP contribution is 2.35. The molecular weight excluding hydrogens is 268 g/mol. The van der Waals surface area contributed by atoms with Gasteiger partial charge in [0.2, 0.25) is 0 Å². The average molecular weight is 298 g/mol. The third-order valence-corrected chi connectivity index (χ3v) is 4.15. The van der Waals surface area contributed by atoms with E-state index in [0.717, 1.165) is 32.1 Å². The summed E-state index contributed by atoms with van der Waals surface area (Å²) in [6.07, 6.45) is 6.44. The number of hydrogen-bond donors (Lipinski definition) is 2. The zero-order valence-electron chi connectivity index (χ0n) is 13.6. The van der Waals surface area contributed by atoms with Gasteiger partial charge in [-0.25, -0.2) is 4.79 Å². The maximum absolute atomic E-state index is 12.6. The number of rotatable bonds is 5. The topological polar surface area (TPSA) is 61.8 Å². The van der Waals surface area contributed by atoms with Crippen molar-refractivity contribution in [3.05, 3.63) is 0 Å². The first-order chi connectivity index (χ1) is 9.92.